The van der Waals surface area contributed by atoms with Crippen molar-refractivity contribution < 1.29 is 4.74 Å². The molecule has 1 unspecified atom stereocenters. The zero-order valence-electron chi connectivity index (χ0n) is 14.4. The lowest BCUT2D eigenvalue weighted by Crippen LogP contribution is -2.30. The van der Waals surface area contributed by atoms with Crippen molar-refractivity contribution >= 4 is 0 Å². The van der Waals surface area contributed by atoms with Crippen molar-refractivity contribution in [2.75, 3.05) is 20.2 Å². The summed E-state index contributed by atoms with van der Waals surface area (Å²) < 4.78 is 7.29. The predicted octanol–water partition coefficient (Wildman–Crippen LogP) is 3.35. The number of piperidine rings is 1. The van der Waals surface area contributed by atoms with E-state index in [1.54, 1.807) is 7.11 Å². The number of hydrogen-bond acceptors (Lipinski definition) is 3. The van der Waals surface area contributed by atoms with Crippen molar-refractivity contribution in [1.82, 2.24) is 15.1 Å². The van der Waals surface area contributed by atoms with Gasteiger partial charge in [-0.3, -0.25) is 4.68 Å². The van der Waals surface area contributed by atoms with E-state index in [-0.39, 0.29) is 0 Å². The van der Waals surface area contributed by atoms with Gasteiger partial charge in [0, 0.05) is 12.1 Å². The first kappa shape index (κ1) is 16.1. The molecule has 1 atom stereocenters. The summed E-state index contributed by atoms with van der Waals surface area (Å²) >= 11 is 0. The highest BCUT2D eigenvalue weighted by Gasteiger charge is 2.24. The van der Waals surface area contributed by atoms with Crippen LogP contribution in [0.1, 0.15) is 42.5 Å². The number of benzene rings is 1. The molecule has 1 N–H and O–H groups in total. The lowest BCUT2D eigenvalue weighted by molar-refractivity contribution is 0.325. The number of nitrogens with zero attached hydrogens (tertiary/aromatic N) is 2. The fourth-order valence-electron chi connectivity index (χ4n) is 3.55. The Balaban J connectivity index is 1.71. The number of methoxy groups -OCH3 is 1. The minimum atomic E-state index is 0.536. The zero-order valence-corrected chi connectivity index (χ0v) is 14.4. The van der Waals surface area contributed by atoms with Gasteiger partial charge in [-0.2, -0.15) is 5.10 Å². The Kier molecular flexibility index (Phi) is 5.01. The second-order valence-corrected chi connectivity index (χ2v) is 6.62. The Labute approximate surface area is 138 Å². The van der Waals surface area contributed by atoms with Gasteiger partial charge >= 0.3 is 0 Å². The molecule has 1 fully saturated rings. The molecule has 0 spiro atoms. The smallest absolute Gasteiger partial charge is 0.118 e. The van der Waals surface area contributed by atoms with E-state index >= 15 is 0 Å². The van der Waals surface area contributed by atoms with Crippen LogP contribution in [0.3, 0.4) is 0 Å². The topological polar surface area (TPSA) is 39.1 Å². The largest absolute Gasteiger partial charge is 0.497 e. The highest BCUT2D eigenvalue weighted by atomic mass is 16.5. The minimum Gasteiger partial charge on any atom is -0.497 e. The molecule has 1 aliphatic heterocycles. The highest BCUT2D eigenvalue weighted by Crippen LogP contribution is 2.31. The fourth-order valence-corrected chi connectivity index (χ4v) is 3.55. The first-order chi connectivity index (χ1) is 11.2. The summed E-state index contributed by atoms with van der Waals surface area (Å²) in [5.41, 5.74) is 3.82. The number of ether oxygens (including phenoxy) is 1. The lowest BCUT2D eigenvalue weighted by atomic mass is 9.83. The molecule has 1 aromatic carbocycles. The average Bonchev–Trinajstić information content (AvgIpc) is 2.96. The molecule has 1 aromatic heterocycles. The van der Waals surface area contributed by atoms with Crippen molar-refractivity contribution in [3.05, 3.63) is 47.3 Å². The van der Waals surface area contributed by atoms with Gasteiger partial charge in [-0.15, -0.1) is 0 Å². The SMILES string of the molecule is COc1ccc(Cn2cc(C)c(C(C)C3CCNCC3)n2)cc1. The summed E-state index contributed by atoms with van der Waals surface area (Å²) in [5.74, 6) is 2.18. The summed E-state index contributed by atoms with van der Waals surface area (Å²) in [5, 5.41) is 8.33. The molecule has 2 aromatic rings. The van der Waals surface area contributed by atoms with Crippen LogP contribution in [0.2, 0.25) is 0 Å². The van der Waals surface area contributed by atoms with Gasteiger partial charge in [-0.05, 0) is 62.0 Å². The molecule has 0 radical (unpaired) electrons. The maximum absolute atomic E-state index is 5.21. The van der Waals surface area contributed by atoms with E-state index in [1.807, 2.05) is 12.1 Å². The van der Waals surface area contributed by atoms with Crippen LogP contribution in [-0.4, -0.2) is 30.0 Å². The quantitative estimate of drug-likeness (QED) is 0.920. The van der Waals surface area contributed by atoms with Crippen LogP contribution in [0.5, 0.6) is 5.75 Å². The molecule has 1 saturated heterocycles. The Morgan fingerprint density at radius 2 is 1.96 bits per heavy atom. The van der Waals surface area contributed by atoms with Crippen molar-refractivity contribution in [2.45, 2.75) is 39.2 Å². The van der Waals surface area contributed by atoms with E-state index in [2.05, 4.69) is 42.2 Å². The fraction of sp³-hybridized carbons (Fsp3) is 0.526. The minimum absolute atomic E-state index is 0.536. The van der Waals surface area contributed by atoms with Gasteiger partial charge in [0.05, 0.1) is 19.3 Å². The second-order valence-electron chi connectivity index (χ2n) is 6.62. The third-order valence-electron chi connectivity index (χ3n) is 5.01. The molecule has 4 nitrogen and oxygen atoms in total. The molecule has 3 rings (SSSR count). The van der Waals surface area contributed by atoms with E-state index in [1.165, 1.54) is 29.7 Å². The number of hydrogen-bond donors (Lipinski definition) is 1. The molecular weight excluding hydrogens is 286 g/mol. The van der Waals surface area contributed by atoms with Gasteiger partial charge in [0.1, 0.15) is 5.75 Å². The molecule has 1 aliphatic rings. The molecule has 124 valence electrons. The van der Waals surface area contributed by atoms with Gasteiger partial charge in [-0.1, -0.05) is 19.1 Å². The Hall–Kier alpha value is -1.81. The summed E-state index contributed by atoms with van der Waals surface area (Å²) in [6.07, 6.45) is 4.69. The third kappa shape index (κ3) is 3.75. The first-order valence-electron chi connectivity index (χ1n) is 8.55. The van der Waals surface area contributed by atoms with Crippen LogP contribution < -0.4 is 10.1 Å². The predicted molar refractivity (Wildman–Crippen MR) is 93.1 cm³/mol. The van der Waals surface area contributed by atoms with E-state index < -0.39 is 0 Å². The van der Waals surface area contributed by atoms with Crippen molar-refractivity contribution in [3.8, 4) is 5.75 Å². The van der Waals surface area contributed by atoms with Crippen molar-refractivity contribution in [1.29, 1.82) is 0 Å². The molecule has 0 bridgehead atoms. The van der Waals surface area contributed by atoms with Crippen LogP contribution >= 0.6 is 0 Å². The van der Waals surface area contributed by atoms with Gasteiger partial charge in [0.25, 0.3) is 0 Å². The molecular formula is C19H27N3O. The average molecular weight is 313 g/mol. The van der Waals surface area contributed by atoms with Crippen molar-refractivity contribution in [2.24, 2.45) is 5.92 Å². The zero-order chi connectivity index (χ0) is 16.2. The molecule has 2 heterocycles. The molecule has 0 saturated carbocycles. The Morgan fingerprint density at radius 1 is 1.26 bits per heavy atom. The van der Waals surface area contributed by atoms with Gasteiger partial charge in [-0.25, -0.2) is 0 Å². The standard InChI is InChI=1S/C19H27N3O/c1-14-12-22(13-16-4-6-18(23-3)7-5-16)21-19(14)15(2)17-8-10-20-11-9-17/h4-7,12,15,17,20H,8-11,13H2,1-3H3. The van der Waals surface area contributed by atoms with Crippen LogP contribution in [-0.2, 0) is 6.54 Å². The van der Waals surface area contributed by atoms with Crippen LogP contribution in [0.15, 0.2) is 30.5 Å². The lowest BCUT2D eigenvalue weighted by Gasteiger charge is -2.27. The monoisotopic (exact) mass is 313 g/mol. The van der Waals surface area contributed by atoms with Gasteiger partial charge in [0.15, 0.2) is 0 Å². The maximum atomic E-state index is 5.21. The van der Waals surface area contributed by atoms with Gasteiger partial charge < -0.3 is 10.1 Å². The highest BCUT2D eigenvalue weighted by molar-refractivity contribution is 5.28. The Morgan fingerprint density at radius 3 is 2.61 bits per heavy atom. The normalized spacial score (nSPS) is 17.2. The number of aromatic nitrogens is 2. The van der Waals surface area contributed by atoms with E-state index in [9.17, 15) is 0 Å². The third-order valence-corrected chi connectivity index (χ3v) is 5.01. The van der Waals surface area contributed by atoms with E-state index in [4.69, 9.17) is 9.84 Å². The first-order valence-corrected chi connectivity index (χ1v) is 8.55. The second kappa shape index (κ2) is 7.18. The summed E-state index contributed by atoms with van der Waals surface area (Å²) in [6, 6.07) is 8.21. The summed E-state index contributed by atoms with van der Waals surface area (Å²) in [6.45, 7) is 7.61. The summed E-state index contributed by atoms with van der Waals surface area (Å²) in [4.78, 5) is 0. The molecule has 0 amide bonds. The van der Waals surface area contributed by atoms with E-state index in [0.717, 1.165) is 31.3 Å². The van der Waals surface area contributed by atoms with Crippen LogP contribution in [0, 0.1) is 12.8 Å². The molecule has 23 heavy (non-hydrogen) atoms. The van der Waals surface area contributed by atoms with Gasteiger partial charge in [0.2, 0.25) is 0 Å². The number of nitrogens with one attached hydrogen (secondary N) is 1. The van der Waals surface area contributed by atoms with Crippen molar-refractivity contribution in [3.63, 3.8) is 0 Å². The van der Waals surface area contributed by atoms with Crippen LogP contribution in [0.4, 0.5) is 0 Å². The summed E-state index contributed by atoms with van der Waals surface area (Å²) in [7, 11) is 1.69. The maximum Gasteiger partial charge on any atom is 0.118 e. The molecule has 0 aliphatic carbocycles. The molecule has 4 heteroatoms. The van der Waals surface area contributed by atoms with E-state index in [0.29, 0.717) is 5.92 Å². The number of rotatable bonds is 5. The van der Waals surface area contributed by atoms with Crippen LogP contribution in [0.25, 0.3) is 0 Å². The Bertz CT molecular complexity index is 627. The number of aryl methyl sites for hydroxylation is 1.